The van der Waals surface area contributed by atoms with E-state index in [9.17, 15) is 9.59 Å². The summed E-state index contributed by atoms with van der Waals surface area (Å²) in [4.78, 5) is 30.3. The van der Waals surface area contributed by atoms with E-state index in [1.807, 2.05) is 21.7 Å². The number of rotatable bonds is 4. The Kier molecular flexibility index (Phi) is 8.49. The number of hydrogen-bond donors (Lipinski definition) is 0. The molecule has 0 N–H and O–H groups in total. The first kappa shape index (κ1) is 19.1. The summed E-state index contributed by atoms with van der Waals surface area (Å²) >= 11 is 0. The van der Waals surface area contributed by atoms with E-state index >= 15 is 0 Å². The Morgan fingerprint density at radius 3 is 1.92 bits per heavy atom. The van der Waals surface area contributed by atoms with Gasteiger partial charge in [0.25, 0.3) is 0 Å². The van der Waals surface area contributed by atoms with Gasteiger partial charge in [0, 0.05) is 39.4 Å². The first-order valence-corrected chi connectivity index (χ1v) is 9.06. The minimum atomic E-state index is 0.0728. The lowest BCUT2D eigenvalue weighted by Gasteiger charge is -2.26. The summed E-state index contributed by atoms with van der Waals surface area (Å²) in [7, 11) is 1.83. The SMILES string of the molecule is CN(CC(=O)N1CCCCCOCC1)CC(=O)N1CCCOCC1. The molecule has 24 heavy (non-hydrogen) atoms. The summed E-state index contributed by atoms with van der Waals surface area (Å²) < 4.78 is 10.9. The highest BCUT2D eigenvalue weighted by molar-refractivity contribution is 5.81. The Morgan fingerprint density at radius 1 is 0.750 bits per heavy atom. The summed E-state index contributed by atoms with van der Waals surface area (Å²) in [6.07, 6.45) is 4.05. The molecule has 7 heteroatoms. The van der Waals surface area contributed by atoms with Crippen LogP contribution < -0.4 is 0 Å². The zero-order valence-electron chi connectivity index (χ0n) is 14.9. The fraction of sp³-hybridized carbons (Fsp3) is 0.882. The normalized spacial score (nSPS) is 20.9. The topological polar surface area (TPSA) is 62.3 Å². The van der Waals surface area contributed by atoms with E-state index in [4.69, 9.17) is 9.47 Å². The Hall–Kier alpha value is -1.18. The van der Waals surface area contributed by atoms with Gasteiger partial charge in [-0.1, -0.05) is 0 Å². The van der Waals surface area contributed by atoms with Crippen LogP contribution >= 0.6 is 0 Å². The molecule has 2 amide bonds. The second-order valence-electron chi connectivity index (χ2n) is 6.57. The van der Waals surface area contributed by atoms with E-state index in [2.05, 4.69) is 0 Å². The maximum Gasteiger partial charge on any atom is 0.236 e. The van der Waals surface area contributed by atoms with Crippen LogP contribution in [0.1, 0.15) is 25.7 Å². The standard InChI is InChI=1S/C17H31N3O4/c1-18(15-17(22)20-7-5-11-24-13-9-20)14-16(21)19-6-3-2-4-10-23-12-8-19/h2-15H2,1H3. The van der Waals surface area contributed by atoms with Crippen LogP contribution in [0.25, 0.3) is 0 Å². The van der Waals surface area contributed by atoms with Gasteiger partial charge >= 0.3 is 0 Å². The molecule has 2 rings (SSSR count). The van der Waals surface area contributed by atoms with Crippen LogP contribution in [0.5, 0.6) is 0 Å². The Morgan fingerprint density at radius 2 is 1.29 bits per heavy atom. The average molecular weight is 341 g/mol. The van der Waals surface area contributed by atoms with Crippen molar-refractivity contribution < 1.29 is 19.1 Å². The first-order chi connectivity index (χ1) is 11.7. The zero-order valence-corrected chi connectivity index (χ0v) is 14.9. The van der Waals surface area contributed by atoms with E-state index in [0.29, 0.717) is 26.3 Å². The van der Waals surface area contributed by atoms with E-state index < -0.39 is 0 Å². The van der Waals surface area contributed by atoms with Gasteiger partial charge in [-0.3, -0.25) is 14.5 Å². The highest BCUT2D eigenvalue weighted by Gasteiger charge is 2.20. The summed E-state index contributed by atoms with van der Waals surface area (Å²) in [5.41, 5.74) is 0. The molecular formula is C17H31N3O4. The molecule has 0 aliphatic carbocycles. The van der Waals surface area contributed by atoms with Gasteiger partial charge in [0.2, 0.25) is 11.8 Å². The van der Waals surface area contributed by atoms with Crippen LogP contribution in [0.15, 0.2) is 0 Å². The van der Waals surface area contributed by atoms with Gasteiger partial charge in [0.05, 0.1) is 26.3 Å². The van der Waals surface area contributed by atoms with Crippen molar-refractivity contribution >= 4 is 11.8 Å². The molecular weight excluding hydrogens is 310 g/mol. The molecule has 2 aliphatic rings. The summed E-state index contributed by atoms with van der Waals surface area (Å²) in [5.74, 6) is 0.151. The second kappa shape index (κ2) is 10.6. The van der Waals surface area contributed by atoms with Crippen LogP contribution in [0.3, 0.4) is 0 Å². The maximum absolute atomic E-state index is 12.5. The van der Waals surface area contributed by atoms with Crippen LogP contribution in [0.4, 0.5) is 0 Å². The molecule has 2 fully saturated rings. The minimum Gasteiger partial charge on any atom is -0.380 e. The van der Waals surface area contributed by atoms with Crippen molar-refractivity contribution in [1.82, 2.24) is 14.7 Å². The predicted molar refractivity (Wildman–Crippen MR) is 90.8 cm³/mol. The molecule has 0 aromatic rings. The minimum absolute atomic E-state index is 0.0728. The maximum atomic E-state index is 12.5. The molecule has 0 bridgehead atoms. The summed E-state index contributed by atoms with van der Waals surface area (Å²) in [6.45, 7) is 6.06. The third-order valence-corrected chi connectivity index (χ3v) is 4.46. The smallest absolute Gasteiger partial charge is 0.236 e. The molecule has 0 spiro atoms. The summed E-state index contributed by atoms with van der Waals surface area (Å²) in [6, 6.07) is 0. The lowest BCUT2D eigenvalue weighted by atomic mass is 10.2. The van der Waals surface area contributed by atoms with Gasteiger partial charge in [0.15, 0.2) is 0 Å². The van der Waals surface area contributed by atoms with Crippen LogP contribution in [-0.2, 0) is 19.1 Å². The van der Waals surface area contributed by atoms with Crippen LogP contribution in [0, 0.1) is 0 Å². The number of hydrogen-bond acceptors (Lipinski definition) is 5. The molecule has 0 radical (unpaired) electrons. The number of nitrogens with zero attached hydrogens (tertiary/aromatic N) is 3. The van der Waals surface area contributed by atoms with Gasteiger partial charge in [-0.15, -0.1) is 0 Å². The third kappa shape index (κ3) is 6.75. The Balaban J connectivity index is 1.75. The van der Waals surface area contributed by atoms with Crippen molar-refractivity contribution in [2.24, 2.45) is 0 Å². The molecule has 0 unspecified atom stereocenters. The average Bonchev–Trinajstić information content (AvgIpc) is 2.75. The van der Waals surface area contributed by atoms with Gasteiger partial charge < -0.3 is 19.3 Å². The fourth-order valence-corrected chi connectivity index (χ4v) is 3.03. The van der Waals surface area contributed by atoms with E-state index in [-0.39, 0.29) is 24.9 Å². The third-order valence-electron chi connectivity index (χ3n) is 4.46. The predicted octanol–water partition coefficient (Wildman–Crippen LogP) is 0.196. The highest BCUT2D eigenvalue weighted by atomic mass is 16.5. The van der Waals surface area contributed by atoms with Gasteiger partial charge in [-0.25, -0.2) is 0 Å². The molecule has 0 atom stereocenters. The molecule has 7 nitrogen and oxygen atoms in total. The Bertz CT molecular complexity index is 387. The van der Waals surface area contributed by atoms with Crippen molar-refractivity contribution in [3.8, 4) is 0 Å². The molecule has 0 aromatic carbocycles. The Labute approximate surface area is 144 Å². The fourth-order valence-electron chi connectivity index (χ4n) is 3.03. The molecule has 0 aromatic heterocycles. The molecule has 2 aliphatic heterocycles. The highest BCUT2D eigenvalue weighted by Crippen LogP contribution is 2.05. The first-order valence-electron chi connectivity index (χ1n) is 9.06. The molecule has 2 heterocycles. The number of amides is 2. The molecule has 138 valence electrons. The van der Waals surface area contributed by atoms with E-state index in [1.54, 1.807) is 0 Å². The van der Waals surface area contributed by atoms with Crippen LogP contribution in [-0.4, -0.2) is 99.3 Å². The largest absolute Gasteiger partial charge is 0.380 e. The number of likely N-dealkylation sites (N-methyl/N-ethyl adjacent to an activating group) is 1. The van der Waals surface area contributed by atoms with Crippen molar-refractivity contribution in [2.75, 3.05) is 72.7 Å². The van der Waals surface area contributed by atoms with Crippen molar-refractivity contribution in [3.05, 3.63) is 0 Å². The molecule has 2 saturated heterocycles. The van der Waals surface area contributed by atoms with Crippen molar-refractivity contribution in [3.63, 3.8) is 0 Å². The zero-order chi connectivity index (χ0) is 17.2. The van der Waals surface area contributed by atoms with Crippen molar-refractivity contribution in [1.29, 1.82) is 0 Å². The monoisotopic (exact) mass is 341 g/mol. The second-order valence-corrected chi connectivity index (χ2v) is 6.57. The van der Waals surface area contributed by atoms with Gasteiger partial charge in [0.1, 0.15) is 0 Å². The van der Waals surface area contributed by atoms with Crippen LogP contribution in [0.2, 0.25) is 0 Å². The lowest BCUT2D eigenvalue weighted by molar-refractivity contribution is -0.135. The lowest BCUT2D eigenvalue weighted by Crippen LogP contribution is -2.45. The number of carbonyl (C=O) groups excluding carboxylic acids is 2. The van der Waals surface area contributed by atoms with E-state index in [0.717, 1.165) is 52.0 Å². The van der Waals surface area contributed by atoms with Crippen molar-refractivity contribution in [2.45, 2.75) is 25.7 Å². The molecule has 0 saturated carbocycles. The van der Waals surface area contributed by atoms with E-state index in [1.165, 1.54) is 0 Å². The quantitative estimate of drug-likeness (QED) is 0.731. The van der Waals surface area contributed by atoms with Gasteiger partial charge in [-0.05, 0) is 32.7 Å². The summed E-state index contributed by atoms with van der Waals surface area (Å²) in [5, 5.41) is 0. The van der Waals surface area contributed by atoms with Gasteiger partial charge in [-0.2, -0.15) is 0 Å². The number of ether oxygens (including phenoxy) is 2. The number of carbonyl (C=O) groups is 2.